The molecule has 0 aliphatic heterocycles. The molecule has 1 amide bonds. The van der Waals surface area contributed by atoms with E-state index in [9.17, 15) is 19.5 Å². The number of rotatable bonds is 8. The smallest absolute Gasteiger partial charge is 0.335 e. The Labute approximate surface area is 154 Å². The minimum atomic E-state index is -1.02. The highest BCUT2D eigenvalue weighted by molar-refractivity contribution is 5.90. The number of amides is 1. The number of carboxylic acids is 1. The van der Waals surface area contributed by atoms with Gasteiger partial charge in [-0.15, -0.1) is 0 Å². The number of aromatic carboxylic acids is 1. The van der Waals surface area contributed by atoms with Gasteiger partial charge in [-0.05, 0) is 44.7 Å². The Balaban J connectivity index is 2.76. The van der Waals surface area contributed by atoms with Crippen molar-refractivity contribution >= 4 is 17.8 Å². The molecule has 0 aliphatic rings. The quantitative estimate of drug-likeness (QED) is 0.692. The number of hydrogen-bond acceptors (Lipinski definition) is 4. The third-order valence-corrected chi connectivity index (χ3v) is 4.06. The molecule has 0 unspecified atom stereocenters. The van der Waals surface area contributed by atoms with Gasteiger partial charge in [0.25, 0.3) is 0 Å². The molecule has 1 rings (SSSR count). The van der Waals surface area contributed by atoms with Crippen LogP contribution in [0, 0.1) is 5.92 Å². The van der Waals surface area contributed by atoms with Crippen LogP contribution in [0.25, 0.3) is 0 Å². The highest BCUT2D eigenvalue weighted by atomic mass is 16.6. The van der Waals surface area contributed by atoms with Crippen molar-refractivity contribution in [3.63, 3.8) is 0 Å². The first kappa shape index (κ1) is 21.7. The Hall–Kier alpha value is -2.37. The maximum Gasteiger partial charge on any atom is 0.335 e. The van der Waals surface area contributed by atoms with Crippen molar-refractivity contribution in [2.75, 3.05) is 0 Å². The van der Waals surface area contributed by atoms with Gasteiger partial charge in [0.2, 0.25) is 5.91 Å². The molecule has 0 aromatic heterocycles. The first-order valence-electron chi connectivity index (χ1n) is 8.88. The van der Waals surface area contributed by atoms with E-state index in [-0.39, 0.29) is 30.2 Å². The Morgan fingerprint density at radius 1 is 1.19 bits per heavy atom. The van der Waals surface area contributed by atoms with E-state index in [4.69, 9.17) is 4.74 Å². The molecule has 0 heterocycles. The van der Waals surface area contributed by atoms with Crippen molar-refractivity contribution in [3.8, 4) is 0 Å². The molecular weight excluding hydrogens is 334 g/mol. The average Bonchev–Trinajstić information content (AvgIpc) is 2.55. The number of benzene rings is 1. The highest BCUT2D eigenvalue weighted by Crippen LogP contribution is 2.16. The van der Waals surface area contributed by atoms with E-state index < -0.39 is 23.6 Å². The monoisotopic (exact) mass is 363 g/mol. The van der Waals surface area contributed by atoms with Crippen molar-refractivity contribution in [1.29, 1.82) is 0 Å². The van der Waals surface area contributed by atoms with E-state index in [1.54, 1.807) is 39.0 Å². The van der Waals surface area contributed by atoms with Gasteiger partial charge in [-0.3, -0.25) is 4.79 Å². The van der Waals surface area contributed by atoms with Crippen molar-refractivity contribution < 1.29 is 24.2 Å². The van der Waals surface area contributed by atoms with Crippen molar-refractivity contribution in [2.45, 2.75) is 65.5 Å². The molecule has 1 aromatic rings. The number of aryl methyl sites for hydroxylation is 1. The zero-order valence-electron chi connectivity index (χ0n) is 16.2. The molecule has 144 valence electrons. The SMILES string of the molecule is CC[C@H](C)[C@H](NC(=O)CCc1ccccc1C(=O)O)C(=O)OC(C)(C)C. The lowest BCUT2D eigenvalue weighted by Crippen LogP contribution is -2.47. The number of esters is 1. The minimum absolute atomic E-state index is 0.0693. The minimum Gasteiger partial charge on any atom is -0.478 e. The van der Waals surface area contributed by atoms with Gasteiger partial charge in [-0.25, -0.2) is 9.59 Å². The number of carbonyl (C=O) groups excluding carboxylic acids is 2. The van der Waals surface area contributed by atoms with Crippen LogP contribution in [0.5, 0.6) is 0 Å². The summed E-state index contributed by atoms with van der Waals surface area (Å²) in [4.78, 5) is 36.0. The van der Waals surface area contributed by atoms with E-state index in [0.29, 0.717) is 12.0 Å². The lowest BCUT2D eigenvalue weighted by atomic mass is 9.98. The summed E-state index contributed by atoms with van der Waals surface area (Å²) in [6, 6.07) is 5.87. The summed E-state index contributed by atoms with van der Waals surface area (Å²) in [5.74, 6) is -1.85. The van der Waals surface area contributed by atoms with E-state index in [0.717, 1.165) is 0 Å². The van der Waals surface area contributed by atoms with Crippen LogP contribution >= 0.6 is 0 Å². The average molecular weight is 363 g/mol. The summed E-state index contributed by atoms with van der Waals surface area (Å²) in [6.45, 7) is 9.17. The van der Waals surface area contributed by atoms with Crippen LogP contribution in [0.1, 0.15) is 63.4 Å². The number of carbonyl (C=O) groups is 3. The Morgan fingerprint density at radius 3 is 2.35 bits per heavy atom. The molecule has 0 saturated heterocycles. The van der Waals surface area contributed by atoms with Crippen LogP contribution < -0.4 is 5.32 Å². The first-order valence-corrected chi connectivity index (χ1v) is 8.88. The molecule has 0 spiro atoms. The van der Waals surface area contributed by atoms with Crippen molar-refractivity contribution in [3.05, 3.63) is 35.4 Å². The van der Waals surface area contributed by atoms with Gasteiger partial charge in [-0.2, -0.15) is 0 Å². The molecule has 26 heavy (non-hydrogen) atoms. The number of nitrogens with one attached hydrogen (secondary N) is 1. The van der Waals surface area contributed by atoms with Crippen LogP contribution in [0.4, 0.5) is 0 Å². The van der Waals surface area contributed by atoms with Crippen LogP contribution in [0.2, 0.25) is 0 Å². The fourth-order valence-corrected chi connectivity index (χ4v) is 2.48. The van der Waals surface area contributed by atoms with Gasteiger partial charge >= 0.3 is 11.9 Å². The number of ether oxygens (including phenoxy) is 1. The molecule has 1 aromatic carbocycles. The molecule has 0 radical (unpaired) electrons. The second-order valence-corrected chi connectivity index (χ2v) is 7.43. The summed E-state index contributed by atoms with van der Waals surface area (Å²) < 4.78 is 5.41. The highest BCUT2D eigenvalue weighted by Gasteiger charge is 2.30. The van der Waals surface area contributed by atoms with Crippen LogP contribution in [-0.2, 0) is 20.7 Å². The van der Waals surface area contributed by atoms with Gasteiger partial charge in [0.15, 0.2) is 0 Å². The van der Waals surface area contributed by atoms with Crippen molar-refractivity contribution in [2.24, 2.45) is 5.92 Å². The molecule has 2 atom stereocenters. The largest absolute Gasteiger partial charge is 0.478 e. The van der Waals surface area contributed by atoms with Crippen LogP contribution in [0.15, 0.2) is 24.3 Å². The zero-order valence-corrected chi connectivity index (χ0v) is 16.2. The van der Waals surface area contributed by atoms with Gasteiger partial charge in [0.05, 0.1) is 5.56 Å². The van der Waals surface area contributed by atoms with Gasteiger partial charge in [0, 0.05) is 6.42 Å². The van der Waals surface area contributed by atoms with Crippen LogP contribution in [-0.4, -0.2) is 34.6 Å². The Morgan fingerprint density at radius 2 is 1.81 bits per heavy atom. The van der Waals surface area contributed by atoms with Gasteiger partial charge in [0.1, 0.15) is 11.6 Å². The number of hydrogen-bond donors (Lipinski definition) is 2. The Kier molecular flexibility index (Phi) is 7.80. The van der Waals surface area contributed by atoms with Gasteiger partial charge < -0.3 is 15.2 Å². The molecule has 0 aliphatic carbocycles. The third-order valence-electron chi connectivity index (χ3n) is 4.06. The summed E-state index contributed by atoms with van der Waals surface area (Å²) in [6.07, 6.45) is 1.10. The van der Waals surface area contributed by atoms with E-state index >= 15 is 0 Å². The standard InChI is InChI=1S/C20H29NO5/c1-6-13(2)17(19(25)26-20(3,4)5)21-16(22)12-11-14-9-7-8-10-15(14)18(23)24/h7-10,13,17H,6,11-12H2,1-5H3,(H,21,22)(H,23,24)/t13-,17-/m0/s1. The lowest BCUT2D eigenvalue weighted by molar-refractivity contribution is -0.160. The predicted octanol–water partition coefficient (Wildman–Crippen LogP) is 3.19. The molecule has 2 N–H and O–H groups in total. The van der Waals surface area contributed by atoms with Crippen molar-refractivity contribution in [1.82, 2.24) is 5.32 Å². The number of carboxylic acid groups (broad SMARTS) is 1. The van der Waals surface area contributed by atoms with E-state index in [1.807, 2.05) is 13.8 Å². The predicted molar refractivity (Wildman–Crippen MR) is 99.0 cm³/mol. The Bertz CT molecular complexity index is 648. The molecule has 0 saturated carbocycles. The lowest BCUT2D eigenvalue weighted by Gasteiger charge is -2.27. The third kappa shape index (κ3) is 6.86. The molecule has 6 heteroatoms. The van der Waals surface area contributed by atoms with Gasteiger partial charge in [-0.1, -0.05) is 38.5 Å². The zero-order chi connectivity index (χ0) is 19.9. The maximum absolute atomic E-state index is 12.4. The summed E-state index contributed by atoms with van der Waals surface area (Å²) in [7, 11) is 0. The normalized spacial score (nSPS) is 13.6. The topological polar surface area (TPSA) is 92.7 Å². The fourth-order valence-electron chi connectivity index (χ4n) is 2.48. The summed E-state index contributed by atoms with van der Waals surface area (Å²) in [5.41, 5.74) is 0.145. The molecule has 0 bridgehead atoms. The summed E-state index contributed by atoms with van der Waals surface area (Å²) in [5, 5.41) is 11.9. The molecule has 6 nitrogen and oxygen atoms in total. The van der Waals surface area contributed by atoms with E-state index in [1.165, 1.54) is 6.07 Å². The molecule has 0 fully saturated rings. The molecular formula is C20H29NO5. The second-order valence-electron chi connectivity index (χ2n) is 7.43. The fraction of sp³-hybridized carbons (Fsp3) is 0.550. The maximum atomic E-state index is 12.4. The van der Waals surface area contributed by atoms with E-state index in [2.05, 4.69) is 5.32 Å². The summed E-state index contributed by atoms with van der Waals surface area (Å²) >= 11 is 0. The first-order chi connectivity index (χ1) is 12.0. The van der Waals surface area contributed by atoms with Crippen LogP contribution in [0.3, 0.4) is 0 Å². The second kappa shape index (κ2) is 9.36.